The van der Waals surface area contributed by atoms with Crippen LogP contribution in [0.5, 0.6) is 0 Å². The van der Waals surface area contributed by atoms with Crippen LogP contribution in [0.15, 0.2) is 0 Å². The molecule has 0 rings (SSSR count). The predicted octanol–water partition coefficient (Wildman–Crippen LogP) is 3.13. The van der Waals surface area contributed by atoms with Gasteiger partial charge in [-0.05, 0) is 0 Å². The van der Waals surface area contributed by atoms with Crippen molar-refractivity contribution in [2.75, 3.05) is 0 Å². The molecule has 0 aliphatic carbocycles. The second-order valence-corrected chi connectivity index (χ2v) is 4.51. The summed E-state index contributed by atoms with van der Waals surface area (Å²) in [6.07, 6.45) is 9.45. The van der Waals surface area contributed by atoms with E-state index in [1.54, 1.807) is 0 Å². The topological polar surface area (TPSA) is 26.3 Å². The van der Waals surface area contributed by atoms with Crippen molar-refractivity contribution in [1.82, 2.24) is 0 Å². The average molecular weight is 372 g/mol. The third kappa shape index (κ3) is 10.3. The Kier molecular flexibility index (Phi) is 10.8. The average Bonchev–Trinajstić information content (AvgIpc) is 2.16. The van der Waals surface area contributed by atoms with Crippen molar-refractivity contribution in [2.24, 2.45) is 0 Å². The first-order valence-electron chi connectivity index (χ1n) is 5.26. The molecule has 0 aliphatic rings. The predicted molar refractivity (Wildman–Crippen MR) is 48.7 cm³/mol. The quantitative estimate of drug-likeness (QED) is 0.484. The van der Waals surface area contributed by atoms with E-state index in [1.807, 2.05) is 0 Å². The first kappa shape index (κ1) is 13.4. The Morgan fingerprint density at radius 1 is 1.08 bits per heavy atom. The maximum absolute atomic E-state index is 10.8. The minimum atomic E-state index is 0.0110. The zero-order valence-corrected chi connectivity index (χ0v) is 14.2. The number of rotatable bonds is 8. The van der Waals surface area contributed by atoms with Gasteiger partial charge in [0.15, 0.2) is 0 Å². The molecule has 0 spiro atoms. The summed E-state index contributed by atoms with van der Waals surface area (Å²) in [7, 11) is 0. The Labute approximate surface area is 98.1 Å². The van der Waals surface area contributed by atoms with Crippen LogP contribution in [0, 0.1) is 0 Å². The maximum atomic E-state index is 10.8. The van der Waals surface area contributed by atoms with E-state index in [-0.39, 0.29) is 32.5 Å². The van der Waals surface area contributed by atoms with Gasteiger partial charge in [-0.1, -0.05) is 0 Å². The van der Waals surface area contributed by atoms with Crippen LogP contribution in [0.4, 0.5) is 0 Å². The molecule has 0 aromatic rings. The molecule has 0 fully saturated rings. The van der Waals surface area contributed by atoms with Gasteiger partial charge in [-0.25, -0.2) is 0 Å². The van der Waals surface area contributed by atoms with Gasteiger partial charge >= 0.3 is 98.3 Å². The summed E-state index contributed by atoms with van der Waals surface area (Å²) >= 11 is 0.182. The molecule has 2 nitrogen and oxygen atoms in total. The third-order valence-corrected chi connectivity index (χ3v) is 3.40. The number of hydrogen-bond acceptors (Lipinski definition) is 2. The number of carbonyl (C=O) groups is 1. The molecule has 0 amide bonds. The van der Waals surface area contributed by atoms with Gasteiger partial charge in [0.1, 0.15) is 0 Å². The summed E-state index contributed by atoms with van der Waals surface area (Å²) < 4.78 is 4.75. The Morgan fingerprint density at radius 3 is 2.15 bits per heavy atom. The Morgan fingerprint density at radius 2 is 1.62 bits per heavy atom. The van der Waals surface area contributed by atoms with E-state index in [1.165, 1.54) is 38.5 Å². The third-order valence-electron chi connectivity index (χ3n) is 2.15. The van der Waals surface area contributed by atoms with E-state index < -0.39 is 0 Å². The number of unbranched alkanes of at least 4 members (excludes halogenated alkanes) is 6. The van der Waals surface area contributed by atoms with Crippen LogP contribution in [-0.2, 0) is 34.0 Å². The van der Waals surface area contributed by atoms with Crippen molar-refractivity contribution in [3.05, 3.63) is 0 Å². The van der Waals surface area contributed by atoms with Crippen LogP contribution in [0.1, 0.15) is 58.3 Å². The molecule has 0 heterocycles. The molecule has 3 heteroatoms. The molecular formula is C10H19HgO2. The van der Waals surface area contributed by atoms with Gasteiger partial charge in [0.2, 0.25) is 0 Å². The molecule has 0 saturated heterocycles. The molecule has 0 aliphatic heterocycles. The molecule has 0 atom stereocenters. The van der Waals surface area contributed by atoms with Crippen molar-refractivity contribution in [1.29, 1.82) is 0 Å². The van der Waals surface area contributed by atoms with Gasteiger partial charge in [-0.2, -0.15) is 0 Å². The fourth-order valence-corrected chi connectivity index (χ4v) is 1.86. The van der Waals surface area contributed by atoms with Gasteiger partial charge in [0.25, 0.3) is 0 Å². The van der Waals surface area contributed by atoms with Gasteiger partial charge in [-0.3, -0.25) is 0 Å². The van der Waals surface area contributed by atoms with Gasteiger partial charge in [0.05, 0.1) is 0 Å². The summed E-state index contributed by atoms with van der Waals surface area (Å²) in [4.78, 5) is 10.8. The summed E-state index contributed by atoms with van der Waals surface area (Å²) in [6, 6.07) is 0. The van der Waals surface area contributed by atoms with Crippen molar-refractivity contribution in [3.8, 4) is 0 Å². The molecule has 0 unspecified atom stereocenters. The summed E-state index contributed by atoms with van der Waals surface area (Å²) in [5.74, 6) is 0.0110. The van der Waals surface area contributed by atoms with Crippen molar-refractivity contribution < 1.29 is 34.0 Å². The summed E-state index contributed by atoms with van der Waals surface area (Å²) in [5.41, 5.74) is 0. The zero-order chi connectivity index (χ0) is 9.94. The molecule has 0 radical (unpaired) electrons. The van der Waals surface area contributed by atoms with E-state index >= 15 is 0 Å². The van der Waals surface area contributed by atoms with E-state index in [2.05, 4.69) is 6.92 Å². The first-order valence-corrected chi connectivity index (χ1v) is 7.50. The van der Waals surface area contributed by atoms with Crippen molar-refractivity contribution in [3.63, 3.8) is 0 Å². The minimum absolute atomic E-state index is 0.0110. The Bertz CT molecular complexity index is 126. The van der Waals surface area contributed by atoms with Crippen LogP contribution in [0.2, 0.25) is 0 Å². The van der Waals surface area contributed by atoms with Gasteiger partial charge < -0.3 is 0 Å². The SMILES string of the molecule is CCCCCCCCCC(=O)[O][Hg]. The van der Waals surface area contributed by atoms with E-state index in [9.17, 15) is 4.79 Å². The fraction of sp³-hybridized carbons (Fsp3) is 0.900. The van der Waals surface area contributed by atoms with E-state index in [4.69, 9.17) is 2.64 Å². The molecule has 73 valence electrons. The molecule has 0 saturated carbocycles. The molecule has 13 heavy (non-hydrogen) atoms. The van der Waals surface area contributed by atoms with Crippen molar-refractivity contribution >= 4 is 5.97 Å². The molecule has 0 aromatic carbocycles. The molecule has 0 N–H and O–H groups in total. The molecule has 0 bridgehead atoms. The number of hydrogen-bond donors (Lipinski definition) is 0. The Hall–Kier alpha value is 0.405. The van der Waals surface area contributed by atoms with E-state index in [0.717, 1.165) is 6.42 Å². The van der Waals surface area contributed by atoms with Crippen molar-refractivity contribution in [2.45, 2.75) is 58.3 Å². The van der Waals surface area contributed by atoms with Crippen LogP contribution in [-0.4, -0.2) is 5.97 Å². The Balaban J connectivity index is 2.95. The van der Waals surface area contributed by atoms with Crippen LogP contribution in [0.25, 0.3) is 0 Å². The van der Waals surface area contributed by atoms with Crippen LogP contribution in [0.3, 0.4) is 0 Å². The second kappa shape index (κ2) is 10.5. The zero-order valence-electron chi connectivity index (χ0n) is 8.68. The second-order valence-electron chi connectivity index (χ2n) is 3.39. The first-order chi connectivity index (χ1) is 6.31. The standard InChI is InChI=1S/C10H20O2.Hg/c1-2-3-4-5-6-7-8-9-10(11)12;/h2-9H2,1H3,(H,11,12);/q;+1/p-1. The molecular weight excluding hydrogens is 353 g/mol. The monoisotopic (exact) mass is 373 g/mol. The van der Waals surface area contributed by atoms with E-state index in [0.29, 0.717) is 6.42 Å². The van der Waals surface area contributed by atoms with Gasteiger partial charge in [-0.15, -0.1) is 0 Å². The summed E-state index contributed by atoms with van der Waals surface area (Å²) in [6.45, 7) is 2.22. The number of carbonyl (C=O) groups excluding carboxylic acids is 1. The summed E-state index contributed by atoms with van der Waals surface area (Å²) in [5, 5.41) is 0. The fourth-order valence-electron chi connectivity index (χ4n) is 1.30. The van der Waals surface area contributed by atoms with Crippen LogP contribution < -0.4 is 0 Å². The van der Waals surface area contributed by atoms with Gasteiger partial charge in [0, 0.05) is 0 Å². The van der Waals surface area contributed by atoms with Crippen LogP contribution >= 0.6 is 0 Å². The molecule has 0 aromatic heterocycles. The normalized spacial score (nSPS) is 10.1.